The van der Waals surface area contributed by atoms with Gasteiger partial charge in [-0.25, -0.2) is 9.97 Å². The molecule has 0 N–H and O–H groups in total. The van der Waals surface area contributed by atoms with Crippen LogP contribution in [0.2, 0.25) is 0 Å². The van der Waals surface area contributed by atoms with Crippen LogP contribution in [0, 0.1) is 6.92 Å². The Morgan fingerprint density at radius 3 is 2.23 bits per heavy atom. The standard InChI is InChI=1S/C29H24N2/c1-4-24-20(3)28(26-13-9-8-12-25(24)26)22-16-14-21(15-17-22)27-18-19(2)30-29(31-27)23-10-6-5-7-11-23/h4-18,28H,1H2,2-3H3. The highest BCUT2D eigenvalue weighted by molar-refractivity contribution is 5.85. The molecule has 150 valence electrons. The Hall–Kier alpha value is -3.78. The van der Waals surface area contributed by atoms with E-state index in [9.17, 15) is 0 Å². The lowest BCUT2D eigenvalue weighted by Crippen LogP contribution is -2.00. The maximum atomic E-state index is 4.84. The van der Waals surface area contributed by atoms with Crippen molar-refractivity contribution in [3.8, 4) is 22.6 Å². The van der Waals surface area contributed by atoms with E-state index in [2.05, 4.69) is 67.0 Å². The fourth-order valence-corrected chi connectivity index (χ4v) is 4.57. The third-order valence-electron chi connectivity index (χ3n) is 6.05. The maximum absolute atomic E-state index is 4.84. The summed E-state index contributed by atoms with van der Waals surface area (Å²) >= 11 is 0. The van der Waals surface area contributed by atoms with Crippen LogP contribution in [0.15, 0.2) is 103 Å². The first-order valence-corrected chi connectivity index (χ1v) is 10.6. The number of hydrogen-bond acceptors (Lipinski definition) is 2. The van der Waals surface area contributed by atoms with Crippen LogP contribution >= 0.6 is 0 Å². The number of hydrogen-bond donors (Lipinski definition) is 0. The fourth-order valence-electron chi connectivity index (χ4n) is 4.57. The third kappa shape index (κ3) is 3.40. The van der Waals surface area contributed by atoms with E-state index < -0.39 is 0 Å². The third-order valence-corrected chi connectivity index (χ3v) is 6.05. The molecule has 0 saturated heterocycles. The SMILES string of the molecule is C=CC1=C(C)C(c2ccc(-c3cc(C)nc(-c4ccccc4)n3)cc2)c2ccccc21. The van der Waals surface area contributed by atoms with Gasteiger partial charge in [0.05, 0.1) is 5.69 Å². The fraction of sp³-hybridized carbons (Fsp3) is 0.103. The number of benzene rings is 3. The largest absolute Gasteiger partial charge is 0.233 e. The van der Waals surface area contributed by atoms with Crippen molar-refractivity contribution in [1.29, 1.82) is 0 Å². The van der Waals surface area contributed by atoms with E-state index in [4.69, 9.17) is 4.98 Å². The molecule has 1 heterocycles. The molecule has 0 aliphatic heterocycles. The van der Waals surface area contributed by atoms with Crippen LogP contribution in [0.25, 0.3) is 28.2 Å². The van der Waals surface area contributed by atoms with Crippen LogP contribution in [0.4, 0.5) is 0 Å². The predicted octanol–water partition coefficient (Wildman–Crippen LogP) is 7.22. The van der Waals surface area contributed by atoms with Gasteiger partial charge in [0.2, 0.25) is 0 Å². The number of allylic oxidation sites excluding steroid dienone is 3. The summed E-state index contributed by atoms with van der Waals surface area (Å²) in [7, 11) is 0. The number of rotatable bonds is 4. The van der Waals surface area contributed by atoms with Crippen LogP contribution in [-0.4, -0.2) is 9.97 Å². The van der Waals surface area contributed by atoms with Gasteiger partial charge in [0.15, 0.2) is 5.82 Å². The van der Waals surface area contributed by atoms with Gasteiger partial charge in [0.1, 0.15) is 0 Å². The van der Waals surface area contributed by atoms with Crippen molar-refractivity contribution in [3.05, 3.63) is 126 Å². The predicted molar refractivity (Wildman–Crippen MR) is 129 cm³/mol. The lowest BCUT2D eigenvalue weighted by molar-refractivity contribution is 0.975. The lowest BCUT2D eigenvalue weighted by Gasteiger charge is -2.16. The second kappa shape index (κ2) is 7.81. The number of nitrogens with zero attached hydrogens (tertiary/aromatic N) is 2. The zero-order valence-electron chi connectivity index (χ0n) is 17.8. The first-order valence-electron chi connectivity index (χ1n) is 10.6. The molecule has 0 fully saturated rings. The molecule has 2 heteroatoms. The van der Waals surface area contributed by atoms with Gasteiger partial charge >= 0.3 is 0 Å². The van der Waals surface area contributed by atoms with Crippen LogP contribution in [0.3, 0.4) is 0 Å². The van der Waals surface area contributed by atoms with Crippen molar-refractivity contribution in [1.82, 2.24) is 9.97 Å². The van der Waals surface area contributed by atoms with E-state index >= 15 is 0 Å². The van der Waals surface area contributed by atoms with Crippen LogP contribution in [-0.2, 0) is 0 Å². The normalized spacial score (nSPS) is 15.1. The molecule has 0 radical (unpaired) electrons. The second-order valence-corrected chi connectivity index (χ2v) is 8.03. The molecule has 1 aromatic heterocycles. The monoisotopic (exact) mass is 400 g/mol. The van der Waals surface area contributed by atoms with Crippen molar-refractivity contribution < 1.29 is 0 Å². The van der Waals surface area contributed by atoms with Gasteiger partial charge in [0, 0.05) is 22.7 Å². The molecular weight excluding hydrogens is 376 g/mol. The number of aromatic nitrogens is 2. The first kappa shape index (κ1) is 19.2. The molecule has 4 aromatic rings. The van der Waals surface area contributed by atoms with Crippen molar-refractivity contribution >= 4 is 5.57 Å². The molecule has 0 saturated carbocycles. The van der Waals surface area contributed by atoms with Crippen molar-refractivity contribution in [2.75, 3.05) is 0 Å². The summed E-state index contributed by atoms with van der Waals surface area (Å²) in [5, 5.41) is 0. The molecule has 0 amide bonds. The van der Waals surface area contributed by atoms with E-state index in [1.54, 1.807) is 0 Å². The summed E-state index contributed by atoms with van der Waals surface area (Å²) < 4.78 is 0. The van der Waals surface area contributed by atoms with Gasteiger partial charge in [-0.05, 0) is 42.2 Å². The Kier molecular flexibility index (Phi) is 4.83. The molecule has 1 unspecified atom stereocenters. The molecule has 0 spiro atoms. The summed E-state index contributed by atoms with van der Waals surface area (Å²) in [6, 6.07) is 29.6. The zero-order chi connectivity index (χ0) is 21.4. The molecule has 0 bridgehead atoms. The van der Waals surface area contributed by atoms with E-state index in [1.807, 2.05) is 49.4 Å². The molecule has 3 aromatic carbocycles. The van der Waals surface area contributed by atoms with Crippen molar-refractivity contribution in [2.24, 2.45) is 0 Å². The highest BCUT2D eigenvalue weighted by atomic mass is 14.9. The molecule has 1 aliphatic rings. The summed E-state index contributed by atoms with van der Waals surface area (Å²) in [6.07, 6.45) is 1.98. The lowest BCUT2D eigenvalue weighted by atomic mass is 9.88. The smallest absolute Gasteiger partial charge is 0.160 e. The van der Waals surface area contributed by atoms with Gasteiger partial charge in [0.25, 0.3) is 0 Å². The van der Waals surface area contributed by atoms with Gasteiger partial charge < -0.3 is 0 Å². The topological polar surface area (TPSA) is 25.8 Å². The van der Waals surface area contributed by atoms with Crippen molar-refractivity contribution in [3.63, 3.8) is 0 Å². The average Bonchev–Trinajstić information content (AvgIpc) is 3.10. The average molecular weight is 401 g/mol. The van der Waals surface area contributed by atoms with E-state index in [0.717, 1.165) is 28.3 Å². The summed E-state index contributed by atoms with van der Waals surface area (Å²) in [5.74, 6) is 1.03. The Balaban J connectivity index is 1.53. The van der Waals surface area contributed by atoms with Gasteiger partial charge in [-0.15, -0.1) is 0 Å². The Labute approximate surface area is 183 Å². The van der Waals surface area contributed by atoms with Gasteiger partial charge in [-0.3, -0.25) is 0 Å². The van der Waals surface area contributed by atoms with E-state index in [1.165, 1.54) is 27.8 Å². The van der Waals surface area contributed by atoms with Crippen molar-refractivity contribution in [2.45, 2.75) is 19.8 Å². The first-order chi connectivity index (χ1) is 15.2. The molecular formula is C29H24N2. The van der Waals surface area contributed by atoms with Crippen LogP contribution in [0.1, 0.15) is 35.2 Å². The summed E-state index contributed by atoms with van der Waals surface area (Å²) in [4.78, 5) is 9.48. The number of fused-ring (bicyclic) bond motifs is 1. The Morgan fingerprint density at radius 1 is 0.774 bits per heavy atom. The van der Waals surface area contributed by atoms with Gasteiger partial charge in [-0.2, -0.15) is 0 Å². The Bertz CT molecular complexity index is 1300. The summed E-state index contributed by atoms with van der Waals surface area (Å²) in [6.45, 7) is 8.28. The molecule has 5 rings (SSSR count). The zero-order valence-corrected chi connectivity index (χ0v) is 17.8. The highest BCUT2D eigenvalue weighted by Crippen LogP contribution is 2.45. The van der Waals surface area contributed by atoms with E-state index in [0.29, 0.717) is 0 Å². The quantitative estimate of drug-likeness (QED) is 0.361. The minimum absolute atomic E-state index is 0.269. The van der Waals surface area contributed by atoms with E-state index in [-0.39, 0.29) is 5.92 Å². The molecule has 2 nitrogen and oxygen atoms in total. The second-order valence-electron chi connectivity index (χ2n) is 8.03. The molecule has 1 aliphatic carbocycles. The molecule has 1 atom stereocenters. The van der Waals surface area contributed by atoms with Crippen LogP contribution < -0.4 is 0 Å². The minimum atomic E-state index is 0.269. The molecule has 31 heavy (non-hydrogen) atoms. The number of aryl methyl sites for hydroxylation is 1. The van der Waals surface area contributed by atoms with Crippen LogP contribution in [0.5, 0.6) is 0 Å². The Morgan fingerprint density at radius 2 is 1.48 bits per heavy atom. The minimum Gasteiger partial charge on any atom is -0.233 e. The van der Waals surface area contributed by atoms with Gasteiger partial charge in [-0.1, -0.05) is 97.1 Å². The highest BCUT2D eigenvalue weighted by Gasteiger charge is 2.28. The maximum Gasteiger partial charge on any atom is 0.160 e. The summed E-state index contributed by atoms with van der Waals surface area (Å²) in [5.41, 5.74) is 10.6.